The first-order chi connectivity index (χ1) is 11.7. The van der Waals surface area contributed by atoms with Crippen LogP contribution < -0.4 is 5.32 Å². The number of hydrogen-bond donors (Lipinski definition) is 1. The van der Waals surface area contributed by atoms with Crippen molar-refractivity contribution in [2.24, 2.45) is 0 Å². The molecule has 1 saturated heterocycles. The maximum Gasteiger partial charge on any atom is 0.409 e. The summed E-state index contributed by atoms with van der Waals surface area (Å²) in [6.07, 6.45) is 4.02. The van der Waals surface area contributed by atoms with Crippen LogP contribution in [0.5, 0.6) is 0 Å². The van der Waals surface area contributed by atoms with Gasteiger partial charge in [-0.05, 0) is 24.5 Å². The number of methoxy groups -OCH3 is 1. The molecule has 0 atom stereocenters. The summed E-state index contributed by atoms with van der Waals surface area (Å²) in [7, 11) is 1.42. The van der Waals surface area contributed by atoms with Crippen molar-refractivity contribution < 1.29 is 9.53 Å². The van der Waals surface area contributed by atoms with Crippen molar-refractivity contribution in [2.45, 2.75) is 25.3 Å². The molecule has 6 nitrogen and oxygen atoms in total. The van der Waals surface area contributed by atoms with E-state index in [0.717, 1.165) is 30.9 Å². The molecule has 1 N–H and O–H groups in total. The molecule has 1 aromatic heterocycles. The van der Waals surface area contributed by atoms with Crippen LogP contribution in [0.2, 0.25) is 0 Å². The van der Waals surface area contributed by atoms with Crippen molar-refractivity contribution >= 4 is 11.9 Å². The summed E-state index contributed by atoms with van der Waals surface area (Å²) < 4.78 is 4.76. The van der Waals surface area contributed by atoms with E-state index >= 15 is 0 Å². The minimum absolute atomic E-state index is 0.249. The number of carbonyl (C=O) groups is 1. The predicted molar refractivity (Wildman–Crippen MR) is 91.9 cm³/mol. The molecule has 1 aliphatic rings. The number of amides is 1. The molecule has 6 heteroatoms. The molecular formula is C18H22N4O2. The summed E-state index contributed by atoms with van der Waals surface area (Å²) in [6, 6.07) is 12.4. The lowest BCUT2D eigenvalue weighted by molar-refractivity contribution is 0.113. The second kappa shape index (κ2) is 7.77. The Hall–Kier alpha value is -2.63. The lowest BCUT2D eigenvalue weighted by atomic mass is 10.1. The molecule has 0 aliphatic carbocycles. The van der Waals surface area contributed by atoms with Crippen LogP contribution in [0.4, 0.5) is 10.6 Å². The Morgan fingerprint density at radius 1 is 1.25 bits per heavy atom. The number of carbonyl (C=O) groups excluding carboxylic acids is 1. The van der Waals surface area contributed by atoms with Gasteiger partial charge in [-0.25, -0.2) is 14.8 Å². The summed E-state index contributed by atoms with van der Waals surface area (Å²) in [5, 5.41) is 3.45. The number of ether oxygens (including phenoxy) is 1. The molecule has 2 heterocycles. The molecule has 0 saturated carbocycles. The molecule has 0 unspecified atom stereocenters. The summed E-state index contributed by atoms with van der Waals surface area (Å²) in [6.45, 7) is 1.40. The number of nitrogens with one attached hydrogen (secondary N) is 1. The highest BCUT2D eigenvalue weighted by Crippen LogP contribution is 2.16. The van der Waals surface area contributed by atoms with Gasteiger partial charge in [-0.1, -0.05) is 30.3 Å². The van der Waals surface area contributed by atoms with Crippen LogP contribution >= 0.6 is 0 Å². The molecule has 3 rings (SSSR count). The average Bonchev–Trinajstić information content (AvgIpc) is 2.63. The third-order valence-corrected chi connectivity index (χ3v) is 4.19. The van der Waals surface area contributed by atoms with Gasteiger partial charge >= 0.3 is 6.09 Å². The Balaban J connectivity index is 1.56. The highest BCUT2D eigenvalue weighted by Gasteiger charge is 2.23. The fraction of sp³-hybridized carbons (Fsp3) is 0.389. The normalized spacial score (nSPS) is 15.1. The Bertz CT molecular complexity index is 670. The number of aromatic nitrogens is 2. The van der Waals surface area contributed by atoms with Crippen LogP contribution in [-0.4, -0.2) is 47.2 Å². The Kier molecular flexibility index (Phi) is 5.25. The molecule has 1 aromatic carbocycles. The van der Waals surface area contributed by atoms with Crippen LogP contribution in [0.3, 0.4) is 0 Å². The Morgan fingerprint density at radius 3 is 2.71 bits per heavy atom. The van der Waals surface area contributed by atoms with E-state index in [1.165, 1.54) is 12.7 Å². The second-order valence-corrected chi connectivity index (χ2v) is 5.90. The van der Waals surface area contributed by atoms with E-state index in [4.69, 9.17) is 4.74 Å². The van der Waals surface area contributed by atoms with Gasteiger partial charge in [0.05, 0.1) is 7.11 Å². The first-order valence-corrected chi connectivity index (χ1v) is 8.20. The van der Waals surface area contributed by atoms with Crippen LogP contribution in [0.25, 0.3) is 0 Å². The molecule has 0 spiro atoms. The second-order valence-electron chi connectivity index (χ2n) is 5.90. The zero-order chi connectivity index (χ0) is 16.8. The fourth-order valence-electron chi connectivity index (χ4n) is 2.89. The fourth-order valence-corrected chi connectivity index (χ4v) is 2.89. The lowest BCUT2D eigenvalue weighted by Gasteiger charge is -2.31. The lowest BCUT2D eigenvalue weighted by Crippen LogP contribution is -2.42. The summed E-state index contributed by atoms with van der Waals surface area (Å²) in [5.41, 5.74) is 1.20. The first kappa shape index (κ1) is 16.2. The molecule has 2 aromatic rings. The average molecular weight is 326 g/mol. The third kappa shape index (κ3) is 4.22. The maximum atomic E-state index is 11.5. The molecule has 1 aliphatic heterocycles. The van der Waals surface area contributed by atoms with E-state index < -0.39 is 0 Å². The van der Waals surface area contributed by atoms with Gasteiger partial charge in [-0.15, -0.1) is 0 Å². The number of hydrogen-bond acceptors (Lipinski definition) is 5. The summed E-state index contributed by atoms with van der Waals surface area (Å²) in [5.74, 6) is 1.64. The van der Waals surface area contributed by atoms with E-state index in [-0.39, 0.29) is 6.09 Å². The number of benzene rings is 1. The SMILES string of the molecule is COC(=O)N1CCC(Nc2ccnc(Cc3ccccc3)n2)CC1. The minimum atomic E-state index is -0.249. The van der Waals surface area contributed by atoms with Crippen molar-refractivity contribution in [3.8, 4) is 0 Å². The first-order valence-electron chi connectivity index (χ1n) is 8.20. The molecule has 24 heavy (non-hydrogen) atoms. The molecule has 0 bridgehead atoms. The standard InChI is InChI=1S/C18H22N4O2/c1-24-18(23)22-11-8-15(9-12-22)20-16-7-10-19-17(21-16)13-14-5-3-2-4-6-14/h2-7,10,15H,8-9,11-13H2,1H3,(H,19,20,21). The van der Waals surface area contributed by atoms with Crippen LogP contribution in [0, 0.1) is 0 Å². The number of likely N-dealkylation sites (tertiary alicyclic amines) is 1. The zero-order valence-corrected chi connectivity index (χ0v) is 13.8. The van der Waals surface area contributed by atoms with Crippen molar-refractivity contribution in [1.29, 1.82) is 0 Å². The summed E-state index contributed by atoms with van der Waals surface area (Å²) >= 11 is 0. The third-order valence-electron chi connectivity index (χ3n) is 4.19. The topological polar surface area (TPSA) is 67.3 Å². The van der Waals surface area contributed by atoms with Gasteiger partial charge in [0.2, 0.25) is 0 Å². The van der Waals surface area contributed by atoms with Gasteiger partial charge in [0.15, 0.2) is 0 Å². The number of anilines is 1. The quantitative estimate of drug-likeness (QED) is 0.936. The van der Waals surface area contributed by atoms with Crippen LogP contribution in [0.15, 0.2) is 42.6 Å². The van der Waals surface area contributed by atoms with E-state index in [2.05, 4.69) is 27.4 Å². The predicted octanol–water partition coefficient (Wildman–Crippen LogP) is 2.71. The van der Waals surface area contributed by atoms with E-state index in [9.17, 15) is 4.79 Å². The van der Waals surface area contributed by atoms with Gasteiger partial charge in [0.25, 0.3) is 0 Å². The van der Waals surface area contributed by atoms with E-state index in [1.807, 2.05) is 24.3 Å². The monoisotopic (exact) mass is 326 g/mol. The van der Waals surface area contributed by atoms with Crippen molar-refractivity contribution in [2.75, 3.05) is 25.5 Å². The maximum absolute atomic E-state index is 11.5. The van der Waals surface area contributed by atoms with Gasteiger partial charge in [0, 0.05) is 31.7 Å². The highest BCUT2D eigenvalue weighted by atomic mass is 16.5. The van der Waals surface area contributed by atoms with Crippen molar-refractivity contribution in [1.82, 2.24) is 14.9 Å². The molecule has 1 fully saturated rings. The Morgan fingerprint density at radius 2 is 2.00 bits per heavy atom. The minimum Gasteiger partial charge on any atom is -0.453 e. The highest BCUT2D eigenvalue weighted by molar-refractivity contribution is 5.67. The van der Waals surface area contributed by atoms with E-state index in [1.54, 1.807) is 11.1 Å². The van der Waals surface area contributed by atoms with Crippen LogP contribution in [0.1, 0.15) is 24.2 Å². The zero-order valence-electron chi connectivity index (χ0n) is 13.8. The van der Waals surface area contributed by atoms with Gasteiger partial charge in [0.1, 0.15) is 11.6 Å². The van der Waals surface area contributed by atoms with Crippen LogP contribution in [-0.2, 0) is 11.2 Å². The molecular weight excluding hydrogens is 304 g/mol. The summed E-state index contributed by atoms with van der Waals surface area (Å²) in [4.78, 5) is 22.2. The Labute approximate surface area is 141 Å². The van der Waals surface area contributed by atoms with Gasteiger partial charge in [-0.2, -0.15) is 0 Å². The molecule has 0 radical (unpaired) electrons. The molecule has 1 amide bonds. The number of rotatable bonds is 4. The number of nitrogens with zero attached hydrogens (tertiary/aromatic N) is 3. The molecule has 126 valence electrons. The van der Waals surface area contributed by atoms with Crippen molar-refractivity contribution in [3.63, 3.8) is 0 Å². The van der Waals surface area contributed by atoms with E-state index in [0.29, 0.717) is 19.1 Å². The van der Waals surface area contributed by atoms with Gasteiger partial charge in [-0.3, -0.25) is 0 Å². The largest absolute Gasteiger partial charge is 0.453 e. The number of piperidine rings is 1. The smallest absolute Gasteiger partial charge is 0.409 e. The van der Waals surface area contributed by atoms with Gasteiger partial charge < -0.3 is 15.0 Å². The van der Waals surface area contributed by atoms with Crippen molar-refractivity contribution in [3.05, 3.63) is 54.0 Å².